The van der Waals surface area contributed by atoms with E-state index in [0.29, 0.717) is 12.1 Å². The summed E-state index contributed by atoms with van der Waals surface area (Å²) < 4.78 is 0.761. The number of quaternary nitrogens is 1. The topological polar surface area (TPSA) is 61.7 Å². The van der Waals surface area contributed by atoms with E-state index < -0.39 is 0 Å². The Hall–Kier alpha value is -1.88. The number of hydrogen-bond donors (Lipinski definition) is 2. The van der Waals surface area contributed by atoms with Gasteiger partial charge >= 0.3 is 0 Å². The molecule has 0 radical (unpaired) electrons. The molecule has 0 aromatic heterocycles. The quantitative estimate of drug-likeness (QED) is 0.349. The monoisotopic (exact) mass is 250 g/mol. The number of benzene rings is 1. The van der Waals surface area contributed by atoms with Crippen molar-refractivity contribution in [3.8, 4) is 0 Å². The largest absolute Gasteiger partial charge is 0.410 e. The van der Waals surface area contributed by atoms with E-state index in [1.165, 1.54) is 0 Å². The van der Waals surface area contributed by atoms with Crippen LogP contribution in [0.5, 0.6) is 0 Å². The number of carbonyl (C=O) groups is 1. The minimum Gasteiger partial charge on any atom is -0.410 e. The lowest BCUT2D eigenvalue weighted by molar-refractivity contribution is -0.869. The van der Waals surface area contributed by atoms with E-state index in [2.05, 4.69) is 10.5 Å². The minimum atomic E-state index is -0.364. The molecule has 2 N–H and O–H groups in total. The highest BCUT2D eigenvalue weighted by atomic mass is 16.4. The second-order valence-electron chi connectivity index (χ2n) is 5.08. The fourth-order valence-electron chi connectivity index (χ4n) is 1.42. The smallest absolute Gasteiger partial charge is 0.274 e. The molecule has 0 spiro atoms. The van der Waals surface area contributed by atoms with Gasteiger partial charge in [-0.05, 0) is 0 Å². The summed E-state index contributed by atoms with van der Waals surface area (Å²) >= 11 is 0. The molecule has 0 saturated carbocycles. The first-order valence-corrected chi connectivity index (χ1v) is 5.80. The molecule has 0 heterocycles. The molecule has 98 valence electrons. The van der Waals surface area contributed by atoms with Gasteiger partial charge < -0.3 is 15.0 Å². The Bertz CT molecular complexity index is 422. The molecular weight excluding hydrogens is 230 g/mol. The van der Waals surface area contributed by atoms with Gasteiger partial charge in [-0.15, -0.1) is 0 Å². The summed E-state index contributed by atoms with van der Waals surface area (Å²) in [6, 6.07) is 8.88. The number of amides is 1. The first-order chi connectivity index (χ1) is 8.44. The molecule has 18 heavy (non-hydrogen) atoms. The molecule has 0 aliphatic heterocycles. The van der Waals surface area contributed by atoms with Gasteiger partial charge in [-0.3, -0.25) is 4.79 Å². The molecule has 1 aromatic rings. The van der Waals surface area contributed by atoms with E-state index in [-0.39, 0.29) is 11.6 Å². The van der Waals surface area contributed by atoms with Gasteiger partial charge in [-0.1, -0.05) is 35.5 Å². The molecule has 0 atom stereocenters. The van der Waals surface area contributed by atoms with Gasteiger partial charge in [0.1, 0.15) is 0 Å². The van der Waals surface area contributed by atoms with Crippen molar-refractivity contribution in [2.75, 3.05) is 34.2 Å². The predicted octanol–water partition coefficient (Wildman–Crippen LogP) is 0.687. The van der Waals surface area contributed by atoms with Crippen molar-refractivity contribution < 1.29 is 14.5 Å². The molecule has 1 rings (SSSR count). The lowest BCUT2D eigenvalue weighted by Gasteiger charge is -2.23. The van der Waals surface area contributed by atoms with Crippen LogP contribution >= 0.6 is 0 Å². The number of nitrogens with zero attached hydrogens (tertiary/aromatic N) is 2. The van der Waals surface area contributed by atoms with Crippen LogP contribution in [0.25, 0.3) is 0 Å². The first kappa shape index (κ1) is 14.2. The highest BCUT2D eigenvalue weighted by Gasteiger charge is 2.15. The maximum Gasteiger partial charge on any atom is 0.274 e. The Morgan fingerprint density at radius 2 is 1.89 bits per heavy atom. The van der Waals surface area contributed by atoms with Gasteiger partial charge in [-0.2, -0.15) is 0 Å². The number of nitrogens with one attached hydrogen (secondary N) is 1. The molecular formula is C13H20N3O2+. The number of hydrogen-bond acceptors (Lipinski definition) is 3. The summed E-state index contributed by atoms with van der Waals surface area (Å²) in [6.45, 7) is 1.34. The van der Waals surface area contributed by atoms with Crippen LogP contribution < -0.4 is 5.32 Å². The zero-order chi connectivity index (χ0) is 13.6. The molecule has 0 aliphatic carbocycles. The number of likely N-dealkylation sites (N-methyl/N-ethyl adjacent to an activating group) is 1. The fourth-order valence-corrected chi connectivity index (χ4v) is 1.42. The molecule has 1 aromatic carbocycles. The van der Waals surface area contributed by atoms with Crippen LogP contribution in [0.15, 0.2) is 35.5 Å². The van der Waals surface area contributed by atoms with E-state index in [4.69, 9.17) is 5.21 Å². The summed E-state index contributed by atoms with van der Waals surface area (Å²) in [5.41, 5.74) is 0.639. The average molecular weight is 250 g/mol. The molecule has 0 saturated heterocycles. The van der Waals surface area contributed by atoms with Crippen molar-refractivity contribution in [1.29, 1.82) is 0 Å². The molecule has 5 nitrogen and oxygen atoms in total. The standard InChI is InChI=1S/C13H19N3O2/c1-16(2,3)10-9-14-13(17)12(15-18)11-7-5-4-6-8-11/h4-8H,9-10H2,1-3H3,(H-,14,17,18)/p+1. The zero-order valence-corrected chi connectivity index (χ0v) is 11.1. The van der Waals surface area contributed by atoms with Crippen molar-refractivity contribution in [3.63, 3.8) is 0 Å². The van der Waals surface area contributed by atoms with Gasteiger partial charge in [-0.25, -0.2) is 0 Å². The Labute approximate surface area is 107 Å². The van der Waals surface area contributed by atoms with E-state index in [1.54, 1.807) is 24.3 Å². The van der Waals surface area contributed by atoms with Crippen LogP contribution in [-0.4, -0.2) is 55.5 Å². The van der Waals surface area contributed by atoms with Crippen LogP contribution in [0.4, 0.5) is 0 Å². The molecule has 1 amide bonds. The van der Waals surface area contributed by atoms with Crippen LogP contribution in [-0.2, 0) is 4.79 Å². The van der Waals surface area contributed by atoms with Crippen molar-refractivity contribution in [2.45, 2.75) is 0 Å². The maximum absolute atomic E-state index is 11.9. The van der Waals surface area contributed by atoms with Gasteiger partial charge in [0.05, 0.1) is 34.2 Å². The molecule has 0 unspecified atom stereocenters. The number of oxime groups is 1. The van der Waals surface area contributed by atoms with Crippen LogP contribution in [0.2, 0.25) is 0 Å². The SMILES string of the molecule is C[N+](C)(C)CCNC(=O)/C(=N/O)c1ccccc1. The zero-order valence-electron chi connectivity index (χ0n) is 11.1. The van der Waals surface area contributed by atoms with Crippen molar-refractivity contribution in [2.24, 2.45) is 5.16 Å². The van der Waals surface area contributed by atoms with Gasteiger partial charge in [0.25, 0.3) is 5.91 Å². The predicted molar refractivity (Wildman–Crippen MR) is 70.7 cm³/mol. The van der Waals surface area contributed by atoms with Gasteiger partial charge in [0, 0.05) is 5.56 Å². The van der Waals surface area contributed by atoms with E-state index in [9.17, 15) is 4.79 Å². The molecule has 0 fully saturated rings. The van der Waals surface area contributed by atoms with Gasteiger partial charge in [0.2, 0.25) is 0 Å². The summed E-state index contributed by atoms with van der Waals surface area (Å²) in [5, 5.41) is 14.7. The minimum absolute atomic E-state index is 0.0389. The fraction of sp³-hybridized carbons (Fsp3) is 0.385. The number of carbonyl (C=O) groups excluding carboxylic acids is 1. The molecule has 0 bridgehead atoms. The Kier molecular flexibility index (Phi) is 4.85. The Morgan fingerprint density at radius 1 is 1.28 bits per heavy atom. The highest BCUT2D eigenvalue weighted by molar-refractivity contribution is 6.45. The number of rotatable bonds is 5. The second kappa shape index (κ2) is 6.16. The normalized spacial score (nSPS) is 12.3. The van der Waals surface area contributed by atoms with Crippen LogP contribution in [0.1, 0.15) is 5.56 Å². The summed E-state index contributed by atoms with van der Waals surface area (Å²) in [5.74, 6) is -0.364. The maximum atomic E-state index is 11.9. The average Bonchev–Trinajstić information content (AvgIpc) is 2.29. The van der Waals surface area contributed by atoms with E-state index >= 15 is 0 Å². The highest BCUT2D eigenvalue weighted by Crippen LogP contribution is 2.01. The van der Waals surface area contributed by atoms with Crippen molar-refractivity contribution in [3.05, 3.63) is 35.9 Å². The lowest BCUT2D eigenvalue weighted by Crippen LogP contribution is -2.43. The Morgan fingerprint density at radius 3 is 2.39 bits per heavy atom. The second-order valence-corrected chi connectivity index (χ2v) is 5.08. The Balaban J connectivity index is 2.60. The third-order valence-electron chi connectivity index (χ3n) is 2.43. The third-order valence-corrected chi connectivity index (χ3v) is 2.43. The van der Waals surface area contributed by atoms with Gasteiger partial charge in [0.15, 0.2) is 5.71 Å². The third kappa shape index (κ3) is 4.55. The van der Waals surface area contributed by atoms with Crippen molar-refractivity contribution >= 4 is 11.6 Å². The molecule has 0 aliphatic rings. The van der Waals surface area contributed by atoms with Crippen LogP contribution in [0.3, 0.4) is 0 Å². The summed E-state index contributed by atoms with van der Waals surface area (Å²) in [4.78, 5) is 11.9. The first-order valence-electron chi connectivity index (χ1n) is 5.80. The lowest BCUT2D eigenvalue weighted by atomic mass is 10.1. The summed E-state index contributed by atoms with van der Waals surface area (Å²) in [6.07, 6.45) is 0. The van der Waals surface area contributed by atoms with E-state index in [1.807, 2.05) is 27.2 Å². The van der Waals surface area contributed by atoms with Crippen LogP contribution in [0, 0.1) is 0 Å². The van der Waals surface area contributed by atoms with E-state index in [0.717, 1.165) is 11.0 Å². The summed E-state index contributed by atoms with van der Waals surface area (Å²) in [7, 11) is 6.14. The molecule has 5 heteroatoms. The van der Waals surface area contributed by atoms with Crippen molar-refractivity contribution in [1.82, 2.24) is 5.32 Å².